The summed E-state index contributed by atoms with van der Waals surface area (Å²) in [5, 5.41) is 4.15. The Labute approximate surface area is 155 Å². The van der Waals surface area contributed by atoms with Gasteiger partial charge in [-0.3, -0.25) is 4.99 Å². The molecule has 0 spiro atoms. The maximum absolute atomic E-state index is 11.6. The molecule has 1 aliphatic rings. The normalized spacial score (nSPS) is 17.5. The molecule has 1 fully saturated rings. The molecule has 1 heterocycles. The number of guanidine groups is 1. The van der Waals surface area contributed by atoms with Crippen LogP contribution in [0.5, 0.6) is 0 Å². The molecule has 0 atom stereocenters. The molecule has 6 nitrogen and oxygen atoms in total. The molecule has 0 amide bonds. The van der Waals surface area contributed by atoms with Gasteiger partial charge in [-0.25, -0.2) is 12.7 Å². The predicted octanol–water partition coefficient (Wildman–Crippen LogP) is 2.02. The smallest absolute Gasteiger partial charge is 0.211 e. The van der Waals surface area contributed by atoms with Crippen LogP contribution in [0.3, 0.4) is 0 Å². The summed E-state index contributed by atoms with van der Waals surface area (Å²) >= 11 is 6.22. The minimum absolute atomic E-state index is 0.448. The zero-order valence-electron chi connectivity index (χ0n) is 15.1. The van der Waals surface area contributed by atoms with Gasteiger partial charge in [0.1, 0.15) is 0 Å². The second-order valence-electron chi connectivity index (χ2n) is 6.48. The summed E-state index contributed by atoms with van der Waals surface area (Å²) in [6.07, 6.45) is 3.01. The summed E-state index contributed by atoms with van der Waals surface area (Å²) < 4.78 is 24.7. The standard InChI is InChI=1S/C17H27ClN4O2S/c1-19-17(21(2)13-15-6-4-5-7-16(15)18)20-12-14-8-10-22(11-9-14)25(3,23)24/h4-7,14H,8-13H2,1-3H3,(H,19,20). The molecule has 1 N–H and O–H groups in total. The molecule has 1 aliphatic heterocycles. The number of halogens is 1. The first kappa shape index (κ1) is 20.0. The number of nitrogens with zero attached hydrogens (tertiary/aromatic N) is 3. The number of piperidine rings is 1. The zero-order chi connectivity index (χ0) is 18.4. The fraction of sp³-hybridized carbons (Fsp3) is 0.588. The summed E-state index contributed by atoms with van der Waals surface area (Å²) in [6, 6.07) is 7.78. The lowest BCUT2D eigenvalue weighted by Gasteiger charge is -2.31. The van der Waals surface area contributed by atoms with E-state index < -0.39 is 10.0 Å². The van der Waals surface area contributed by atoms with Crippen LogP contribution in [0.4, 0.5) is 0 Å². The average molecular weight is 387 g/mol. The lowest BCUT2D eigenvalue weighted by atomic mass is 9.98. The topological polar surface area (TPSA) is 65.0 Å². The van der Waals surface area contributed by atoms with E-state index in [1.54, 1.807) is 11.4 Å². The molecule has 1 saturated heterocycles. The Morgan fingerprint density at radius 3 is 2.56 bits per heavy atom. The lowest BCUT2D eigenvalue weighted by Crippen LogP contribution is -2.44. The number of hydrogen-bond donors (Lipinski definition) is 1. The van der Waals surface area contributed by atoms with Crippen LogP contribution in [-0.4, -0.2) is 63.6 Å². The van der Waals surface area contributed by atoms with Gasteiger partial charge in [0.25, 0.3) is 0 Å². The van der Waals surface area contributed by atoms with E-state index in [1.165, 1.54) is 6.26 Å². The van der Waals surface area contributed by atoms with E-state index in [0.717, 1.165) is 35.9 Å². The van der Waals surface area contributed by atoms with Gasteiger partial charge in [0, 0.05) is 45.3 Å². The van der Waals surface area contributed by atoms with Crippen molar-refractivity contribution in [3.05, 3.63) is 34.9 Å². The average Bonchev–Trinajstić information content (AvgIpc) is 2.57. The quantitative estimate of drug-likeness (QED) is 0.621. The van der Waals surface area contributed by atoms with Crippen LogP contribution in [0.15, 0.2) is 29.3 Å². The molecule has 0 aromatic heterocycles. The summed E-state index contributed by atoms with van der Waals surface area (Å²) in [5.74, 6) is 1.26. The second kappa shape index (κ2) is 8.87. The van der Waals surface area contributed by atoms with Gasteiger partial charge in [-0.1, -0.05) is 29.8 Å². The first-order valence-electron chi connectivity index (χ1n) is 8.41. The third-order valence-electron chi connectivity index (χ3n) is 4.53. The van der Waals surface area contributed by atoms with Crippen molar-refractivity contribution in [3.8, 4) is 0 Å². The third kappa shape index (κ3) is 5.87. The highest BCUT2D eigenvalue weighted by atomic mass is 35.5. The molecule has 0 saturated carbocycles. The molecule has 2 rings (SSSR count). The van der Waals surface area contributed by atoms with E-state index in [1.807, 2.05) is 36.2 Å². The summed E-state index contributed by atoms with van der Waals surface area (Å²) in [6.45, 7) is 2.65. The molecule has 0 radical (unpaired) electrons. The van der Waals surface area contributed by atoms with Crippen molar-refractivity contribution < 1.29 is 8.42 Å². The number of aliphatic imine (C=N–C) groups is 1. The minimum atomic E-state index is -3.07. The first-order chi connectivity index (χ1) is 11.8. The van der Waals surface area contributed by atoms with Crippen LogP contribution in [0.1, 0.15) is 18.4 Å². The Kier molecular flexibility index (Phi) is 7.10. The summed E-state index contributed by atoms with van der Waals surface area (Å²) in [4.78, 5) is 6.37. The van der Waals surface area contributed by atoms with Crippen molar-refractivity contribution in [1.82, 2.24) is 14.5 Å². The number of sulfonamides is 1. The van der Waals surface area contributed by atoms with E-state index in [0.29, 0.717) is 25.6 Å². The Balaban J connectivity index is 1.84. The Morgan fingerprint density at radius 1 is 1.36 bits per heavy atom. The largest absolute Gasteiger partial charge is 0.356 e. The number of hydrogen-bond acceptors (Lipinski definition) is 3. The second-order valence-corrected chi connectivity index (χ2v) is 8.87. The number of rotatable bonds is 5. The monoisotopic (exact) mass is 386 g/mol. The highest BCUT2D eigenvalue weighted by molar-refractivity contribution is 7.88. The van der Waals surface area contributed by atoms with Gasteiger partial charge in [-0.05, 0) is 30.4 Å². The predicted molar refractivity (Wildman–Crippen MR) is 103 cm³/mol. The van der Waals surface area contributed by atoms with Gasteiger partial charge < -0.3 is 10.2 Å². The van der Waals surface area contributed by atoms with Crippen LogP contribution >= 0.6 is 11.6 Å². The highest BCUT2D eigenvalue weighted by Crippen LogP contribution is 2.19. The number of benzene rings is 1. The Morgan fingerprint density at radius 2 is 2.00 bits per heavy atom. The SMILES string of the molecule is CN=C(NCC1CCN(S(C)(=O)=O)CC1)N(C)Cc1ccccc1Cl. The van der Waals surface area contributed by atoms with Gasteiger partial charge in [-0.2, -0.15) is 0 Å². The zero-order valence-corrected chi connectivity index (χ0v) is 16.6. The van der Waals surface area contributed by atoms with Gasteiger partial charge >= 0.3 is 0 Å². The molecular weight excluding hydrogens is 360 g/mol. The molecule has 25 heavy (non-hydrogen) atoms. The van der Waals surface area contributed by atoms with Crippen LogP contribution < -0.4 is 5.32 Å². The van der Waals surface area contributed by atoms with Crippen LogP contribution in [-0.2, 0) is 16.6 Å². The van der Waals surface area contributed by atoms with E-state index >= 15 is 0 Å². The van der Waals surface area contributed by atoms with Gasteiger partial charge in [-0.15, -0.1) is 0 Å². The lowest BCUT2D eigenvalue weighted by molar-refractivity contribution is 0.273. The minimum Gasteiger partial charge on any atom is -0.356 e. The van der Waals surface area contributed by atoms with Crippen molar-refractivity contribution >= 4 is 27.6 Å². The molecule has 0 unspecified atom stereocenters. The van der Waals surface area contributed by atoms with E-state index in [9.17, 15) is 8.42 Å². The van der Waals surface area contributed by atoms with E-state index in [-0.39, 0.29) is 0 Å². The molecule has 0 aliphatic carbocycles. The maximum atomic E-state index is 11.6. The summed E-state index contributed by atoms with van der Waals surface area (Å²) in [7, 11) is 0.670. The van der Waals surface area contributed by atoms with Crippen molar-refractivity contribution in [2.75, 3.05) is 40.0 Å². The molecular formula is C17H27ClN4O2S. The van der Waals surface area contributed by atoms with Crippen LogP contribution in [0.2, 0.25) is 5.02 Å². The van der Waals surface area contributed by atoms with Crippen LogP contribution in [0, 0.1) is 5.92 Å². The number of nitrogens with one attached hydrogen (secondary N) is 1. The van der Waals surface area contributed by atoms with E-state index in [2.05, 4.69) is 10.3 Å². The van der Waals surface area contributed by atoms with Gasteiger partial charge in [0.05, 0.1) is 6.26 Å². The van der Waals surface area contributed by atoms with Gasteiger partial charge in [0.2, 0.25) is 10.0 Å². The fourth-order valence-corrected chi connectivity index (χ4v) is 4.09. The van der Waals surface area contributed by atoms with E-state index in [4.69, 9.17) is 11.6 Å². The van der Waals surface area contributed by atoms with Crippen LogP contribution in [0.25, 0.3) is 0 Å². The van der Waals surface area contributed by atoms with Crippen molar-refractivity contribution in [1.29, 1.82) is 0 Å². The van der Waals surface area contributed by atoms with Crippen molar-refractivity contribution in [3.63, 3.8) is 0 Å². The van der Waals surface area contributed by atoms with Crippen molar-refractivity contribution in [2.45, 2.75) is 19.4 Å². The molecule has 0 bridgehead atoms. The molecule has 140 valence electrons. The molecule has 8 heteroatoms. The molecule has 1 aromatic rings. The Hall–Kier alpha value is -1.31. The van der Waals surface area contributed by atoms with Crippen molar-refractivity contribution in [2.24, 2.45) is 10.9 Å². The van der Waals surface area contributed by atoms with Gasteiger partial charge in [0.15, 0.2) is 5.96 Å². The molecule has 1 aromatic carbocycles. The first-order valence-corrected chi connectivity index (χ1v) is 10.6. The highest BCUT2D eigenvalue weighted by Gasteiger charge is 2.25. The maximum Gasteiger partial charge on any atom is 0.211 e. The summed E-state index contributed by atoms with van der Waals surface area (Å²) in [5.41, 5.74) is 1.05. The Bertz CT molecular complexity index is 700. The third-order valence-corrected chi connectivity index (χ3v) is 6.20. The fourth-order valence-electron chi connectivity index (χ4n) is 3.02.